The maximum atomic E-state index is 14.7. The number of rotatable bonds is 8. The molecule has 1 N–H and O–H groups in total. The van der Waals surface area contributed by atoms with Gasteiger partial charge in [-0.3, -0.25) is 23.9 Å². The lowest BCUT2D eigenvalue weighted by molar-refractivity contribution is -0.153. The van der Waals surface area contributed by atoms with Gasteiger partial charge in [0.15, 0.2) is 5.78 Å². The number of Topliss-reactive ketones (excluding diaryl/α,β-unsaturated/α-hetero) is 1. The third kappa shape index (κ3) is 7.54. The maximum Gasteiger partial charge on any atom is 0.306 e. The summed E-state index contributed by atoms with van der Waals surface area (Å²) < 4.78 is 40.1. The summed E-state index contributed by atoms with van der Waals surface area (Å²) in [7, 11) is -3.83. The van der Waals surface area contributed by atoms with Gasteiger partial charge in [-0.1, -0.05) is 57.0 Å². The van der Waals surface area contributed by atoms with Crippen LogP contribution in [0.2, 0.25) is 0 Å². The number of sulfonamides is 1. The zero-order valence-corrected chi connectivity index (χ0v) is 30.9. The van der Waals surface area contributed by atoms with Crippen LogP contribution in [0.1, 0.15) is 90.0 Å². The number of nitrogens with zero attached hydrogens (tertiary/aromatic N) is 2. The molecule has 5 atom stereocenters. The van der Waals surface area contributed by atoms with Crippen molar-refractivity contribution in [3.05, 3.63) is 54.8 Å². The molecule has 2 amide bonds. The van der Waals surface area contributed by atoms with Crippen LogP contribution in [0.5, 0.6) is 5.88 Å². The van der Waals surface area contributed by atoms with Gasteiger partial charge in [-0.2, -0.15) is 0 Å². The first-order chi connectivity index (χ1) is 24.8. The molecule has 2 aromatic rings. The van der Waals surface area contributed by atoms with Crippen LogP contribution < -0.4 is 9.46 Å². The predicted octanol–water partition coefficient (Wildman–Crippen LogP) is 5.53. The van der Waals surface area contributed by atoms with Crippen LogP contribution in [0.15, 0.2) is 49.2 Å². The molecule has 1 aromatic carbocycles. The Morgan fingerprint density at radius 1 is 1.12 bits per heavy atom. The molecule has 4 fully saturated rings. The number of allylic oxidation sites excluding steroid dienone is 2. The van der Waals surface area contributed by atoms with E-state index >= 15 is 0 Å². The number of esters is 1. The molecule has 278 valence electrons. The lowest BCUT2D eigenvalue weighted by Crippen LogP contribution is -2.47. The van der Waals surface area contributed by atoms with Gasteiger partial charge in [0.25, 0.3) is 0 Å². The largest absolute Gasteiger partial charge is 0.472 e. The van der Waals surface area contributed by atoms with Crippen molar-refractivity contribution in [3.63, 3.8) is 0 Å². The molecule has 3 saturated carbocycles. The van der Waals surface area contributed by atoms with E-state index < -0.39 is 50.6 Å². The Bertz CT molecular complexity index is 1910. The molecule has 2 aliphatic heterocycles. The van der Waals surface area contributed by atoms with Crippen molar-refractivity contribution in [2.24, 2.45) is 28.6 Å². The molecule has 0 radical (unpaired) electrons. The zero-order chi connectivity index (χ0) is 36.8. The lowest BCUT2D eigenvalue weighted by Gasteiger charge is -2.31. The molecule has 3 heterocycles. The summed E-state index contributed by atoms with van der Waals surface area (Å²) in [6.07, 6.45) is 12.0. The SMILES string of the molecule is C=C[C@@H]1C[C@]1(CC(=O)[C@@H]1C[C@@H]2CN1C(=O)[C@H](C1CCCC1)CC(=O)OCC(C)(C)C/C=C/c1ccc3ccnc(c3c1)O2)C(=O)NS(=O)(=O)C1CC1. The van der Waals surface area contributed by atoms with Gasteiger partial charge >= 0.3 is 5.97 Å². The minimum absolute atomic E-state index is 0.0335. The number of fused-ring (bicyclic) bond motifs is 3. The van der Waals surface area contributed by atoms with Crippen molar-refractivity contribution in [1.29, 1.82) is 0 Å². The molecular formula is C40H49N3O8S. The number of aromatic nitrogens is 1. The van der Waals surface area contributed by atoms with Crippen LogP contribution in [0.25, 0.3) is 16.8 Å². The molecule has 11 nitrogen and oxygen atoms in total. The third-order valence-corrected chi connectivity index (χ3v) is 13.6. The standard InChI is InChI=1S/C40H49N3O8S/c1-4-28-21-40(28,38(47)42-52(48,49)30-13-14-30)22-34(44)33-19-29-23-43(33)37(46)32(26-9-5-6-10-26)20-35(45)50-24-39(2,3)16-7-8-25-11-12-27-15-17-41-36(51-29)31(27)18-25/h4,7-8,11-12,15,17-18,26,28-30,32-33H,1,5-6,9-10,13-14,16,19-24H2,2-3H3,(H,42,47)/b8-7+/t28-,29-,32+,33+,40-/m1/s1. The van der Waals surface area contributed by atoms with Crippen molar-refractivity contribution >= 4 is 50.4 Å². The second kappa shape index (κ2) is 14.1. The fourth-order valence-electron chi connectivity index (χ4n) is 8.37. The van der Waals surface area contributed by atoms with Crippen molar-refractivity contribution in [1.82, 2.24) is 14.6 Å². The van der Waals surface area contributed by atoms with E-state index in [1.54, 1.807) is 17.2 Å². The van der Waals surface area contributed by atoms with Gasteiger partial charge < -0.3 is 14.4 Å². The molecule has 3 aliphatic carbocycles. The Morgan fingerprint density at radius 2 is 1.88 bits per heavy atom. The highest BCUT2D eigenvalue weighted by Crippen LogP contribution is 2.57. The molecule has 1 saturated heterocycles. The molecule has 7 rings (SSSR count). The molecule has 12 heteroatoms. The van der Waals surface area contributed by atoms with Crippen molar-refractivity contribution in [2.75, 3.05) is 13.2 Å². The van der Waals surface area contributed by atoms with E-state index in [9.17, 15) is 27.6 Å². The minimum atomic E-state index is -3.83. The predicted molar refractivity (Wildman–Crippen MR) is 195 cm³/mol. The fraction of sp³-hybridized carbons (Fsp3) is 0.575. The van der Waals surface area contributed by atoms with Crippen molar-refractivity contribution < 1.29 is 37.1 Å². The Kier molecular flexibility index (Phi) is 9.82. The lowest BCUT2D eigenvalue weighted by atomic mass is 9.86. The molecule has 52 heavy (non-hydrogen) atoms. The Morgan fingerprint density at radius 3 is 2.60 bits per heavy atom. The van der Waals surface area contributed by atoms with Crippen LogP contribution in [0.4, 0.5) is 0 Å². The molecule has 1 aromatic heterocycles. The summed E-state index contributed by atoms with van der Waals surface area (Å²) >= 11 is 0. The highest BCUT2D eigenvalue weighted by molar-refractivity contribution is 7.90. The first-order valence-corrected chi connectivity index (χ1v) is 20.2. The highest BCUT2D eigenvalue weighted by Gasteiger charge is 2.61. The van der Waals surface area contributed by atoms with E-state index in [1.165, 1.54) is 0 Å². The molecule has 0 unspecified atom stereocenters. The number of benzene rings is 1. The van der Waals surface area contributed by atoms with Gasteiger partial charge in [-0.05, 0) is 73.4 Å². The van der Waals surface area contributed by atoms with Gasteiger partial charge in [0, 0.05) is 29.8 Å². The summed E-state index contributed by atoms with van der Waals surface area (Å²) in [6, 6.07) is 6.97. The van der Waals surface area contributed by atoms with E-state index in [1.807, 2.05) is 44.2 Å². The summed E-state index contributed by atoms with van der Waals surface area (Å²) in [5.74, 6) is -2.47. The second-order valence-corrected chi connectivity index (χ2v) is 18.3. The van der Waals surface area contributed by atoms with E-state index in [4.69, 9.17) is 9.47 Å². The zero-order valence-electron chi connectivity index (χ0n) is 30.1. The Balaban J connectivity index is 1.22. The number of nitrogens with one attached hydrogen (secondary N) is 1. The normalized spacial score (nSPS) is 30.2. The minimum Gasteiger partial charge on any atom is -0.472 e. The van der Waals surface area contributed by atoms with Crippen LogP contribution in [-0.4, -0.2) is 72.4 Å². The molecule has 4 bridgehead atoms. The molecular weight excluding hydrogens is 683 g/mol. The summed E-state index contributed by atoms with van der Waals surface area (Å²) in [5, 5.41) is 1.14. The highest BCUT2D eigenvalue weighted by atomic mass is 32.2. The first kappa shape index (κ1) is 36.3. The van der Waals surface area contributed by atoms with Gasteiger partial charge in [0.05, 0.1) is 42.2 Å². The van der Waals surface area contributed by atoms with Crippen molar-refractivity contribution in [3.8, 4) is 5.88 Å². The van der Waals surface area contributed by atoms with Crippen LogP contribution >= 0.6 is 0 Å². The summed E-state index contributed by atoms with van der Waals surface area (Å²) in [6.45, 7) is 8.19. The number of pyridine rings is 1. The Labute approximate surface area is 305 Å². The van der Waals surface area contributed by atoms with E-state index in [0.717, 1.165) is 42.0 Å². The first-order valence-electron chi connectivity index (χ1n) is 18.7. The number of ketones is 1. The van der Waals surface area contributed by atoms with E-state index in [-0.39, 0.29) is 61.4 Å². The molecule has 0 spiro atoms. The number of hydrogen-bond donors (Lipinski definition) is 1. The van der Waals surface area contributed by atoms with Gasteiger partial charge in [-0.15, -0.1) is 6.58 Å². The quantitative estimate of drug-likeness (QED) is 0.274. The van der Waals surface area contributed by atoms with Crippen LogP contribution in [-0.2, 0) is 33.9 Å². The average Bonchev–Trinajstić information content (AvgIpc) is 3.98. The second-order valence-electron chi connectivity index (χ2n) is 16.4. The summed E-state index contributed by atoms with van der Waals surface area (Å²) in [4.78, 5) is 62.3. The third-order valence-electron chi connectivity index (χ3n) is 11.8. The van der Waals surface area contributed by atoms with Gasteiger partial charge in [0.2, 0.25) is 27.7 Å². The van der Waals surface area contributed by atoms with E-state index in [0.29, 0.717) is 31.6 Å². The van der Waals surface area contributed by atoms with Gasteiger partial charge in [0.1, 0.15) is 6.10 Å². The monoisotopic (exact) mass is 731 g/mol. The average molecular weight is 732 g/mol. The number of cyclic esters (lactones) is 1. The molecule has 5 aliphatic rings. The van der Waals surface area contributed by atoms with Gasteiger partial charge in [-0.25, -0.2) is 13.4 Å². The maximum absolute atomic E-state index is 14.7. The van der Waals surface area contributed by atoms with Crippen LogP contribution in [0, 0.1) is 28.6 Å². The van der Waals surface area contributed by atoms with Crippen molar-refractivity contribution in [2.45, 2.75) is 102 Å². The number of carbonyl (C=O) groups excluding carboxylic acids is 4. The Hall–Kier alpha value is -4.06. The number of ether oxygens (including phenoxy) is 2. The van der Waals surface area contributed by atoms with Crippen LogP contribution in [0.3, 0.4) is 0 Å². The topological polar surface area (TPSA) is 149 Å². The summed E-state index contributed by atoms with van der Waals surface area (Å²) in [5.41, 5.74) is -0.657. The number of carbonyl (C=O) groups is 4. The number of amides is 2. The van der Waals surface area contributed by atoms with E-state index in [2.05, 4.69) is 22.4 Å². The smallest absolute Gasteiger partial charge is 0.306 e. The number of hydrogen-bond acceptors (Lipinski definition) is 9. The fourth-order valence-corrected chi connectivity index (χ4v) is 9.76.